The molecule has 0 heterocycles. The second-order valence-corrected chi connectivity index (χ2v) is 3.74. The molecule has 4 heteroatoms. The van der Waals surface area contributed by atoms with Crippen LogP contribution in [0.3, 0.4) is 0 Å². The van der Waals surface area contributed by atoms with Gasteiger partial charge in [0.25, 0.3) is 5.91 Å². The number of ketones is 1. The van der Waals surface area contributed by atoms with Gasteiger partial charge < -0.3 is 5.32 Å². The number of carbonyl (C=O) groups excluding carboxylic acids is 2. The summed E-state index contributed by atoms with van der Waals surface area (Å²) in [6.07, 6.45) is 5.40. The van der Waals surface area contributed by atoms with Crippen molar-refractivity contribution in [3.05, 3.63) is 0 Å². The van der Waals surface area contributed by atoms with Crippen LogP contribution in [0.2, 0.25) is 0 Å². The Labute approximate surface area is 83.6 Å². The van der Waals surface area contributed by atoms with Crippen LogP contribution in [0.5, 0.6) is 0 Å². The highest BCUT2D eigenvalue weighted by Crippen LogP contribution is 2.17. The van der Waals surface area contributed by atoms with E-state index in [1.54, 1.807) is 0 Å². The van der Waals surface area contributed by atoms with E-state index >= 15 is 0 Å². The molecule has 1 aliphatic rings. The number of amides is 1. The summed E-state index contributed by atoms with van der Waals surface area (Å²) in [4.78, 5) is 22.0. The molecule has 4 nitrogen and oxygen atoms in total. The van der Waals surface area contributed by atoms with Crippen molar-refractivity contribution in [3.8, 4) is 0 Å². The normalized spacial score (nSPS) is 17.5. The van der Waals surface area contributed by atoms with Crippen molar-refractivity contribution in [1.82, 2.24) is 5.32 Å². The van der Waals surface area contributed by atoms with Crippen LogP contribution < -0.4 is 5.32 Å². The van der Waals surface area contributed by atoms with Crippen LogP contribution >= 0.6 is 0 Å². The summed E-state index contributed by atoms with van der Waals surface area (Å²) in [5, 5.41) is 9.92. The van der Waals surface area contributed by atoms with Gasteiger partial charge in [-0.2, -0.15) is 0 Å². The summed E-state index contributed by atoms with van der Waals surface area (Å²) in [5.41, 5.74) is -0.435. The highest BCUT2D eigenvalue weighted by Gasteiger charge is 2.19. The molecule has 0 aromatic carbocycles. The first-order chi connectivity index (χ1) is 6.61. The fraction of sp³-hybridized carbons (Fsp3) is 0.700. The molecule has 78 valence electrons. The van der Waals surface area contributed by atoms with E-state index < -0.39 is 17.4 Å². The third-order valence-electron chi connectivity index (χ3n) is 2.52. The summed E-state index contributed by atoms with van der Waals surface area (Å²) < 4.78 is 0. The van der Waals surface area contributed by atoms with Crippen molar-refractivity contribution in [3.63, 3.8) is 0 Å². The first kappa shape index (κ1) is 10.9. The summed E-state index contributed by atoms with van der Waals surface area (Å²) in [6.45, 7) is 1.24. The maximum Gasteiger partial charge on any atom is 0.273 e. The molecule has 1 aliphatic carbocycles. The van der Waals surface area contributed by atoms with Crippen LogP contribution in [0.25, 0.3) is 0 Å². The van der Waals surface area contributed by atoms with Gasteiger partial charge >= 0.3 is 0 Å². The topological polar surface area (TPSA) is 70.0 Å². The van der Waals surface area contributed by atoms with Gasteiger partial charge in [-0.1, -0.05) is 19.3 Å². The number of rotatable bonds is 3. The summed E-state index contributed by atoms with van der Waals surface area (Å²) in [5.74, 6) is -0.997. The molecule has 1 amide bonds. The first-order valence-electron chi connectivity index (χ1n) is 5.01. The quantitative estimate of drug-likeness (QED) is 0.523. The molecule has 0 spiro atoms. The number of carbonyl (C=O) groups is 2. The molecule has 0 radical (unpaired) electrons. The number of hydrogen-bond acceptors (Lipinski definition) is 3. The predicted molar refractivity (Wildman–Crippen MR) is 53.4 cm³/mol. The van der Waals surface area contributed by atoms with Gasteiger partial charge in [-0.3, -0.25) is 15.0 Å². The Bertz CT molecular complexity index is 255. The molecule has 1 saturated carbocycles. The lowest BCUT2D eigenvalue weighted by molar-refractivity contribution is -0.118. The van der Waals surface area contributed by atoms with Gasteiger partial charge in [0.1, 0.15) is 0 Å². The average Bonchev–Trinajstić information content (AvgIpc) is 2.18. The summed E-state index contributed by atoms with van der Waals surface area (Å²) in [7, 11) is 0. The molecule has 14 heavy (non-hydrogen) atoms. The van der Waals surface area contributed by atoms with Gasteiger partial charge in [-0.15, -0.1) is 0 Å². The van der Waals surface area contributed by atoms with Gasteiger partial charge in [0.15, 0.2) is 11.5 Å². The molecule has 1 rings (SSSR count). The predicted octanol–water partition coefficient (Wildman–Crippen LogP) is 1.04. The average molecular weight is 196 g/mol. The van der Waals surface area contributed by atoms with Crippen molar-refractivity contribution < 1.29 is 9.59 Å². The van der Waals surface area contributed by atoms with E-state index in [-0.39, 0.29) is 6.04 Å². The Morgan fingerprint density at radius 1 is 1.21 bits per heavy atom. The molecule has 0 bridgehead atoms. The van der Waals surface area contributed by atoms with E-state index in [1.165, 1.54) is 13.3 Å². The Kier molecular flexibility index (Phi) is 3.80. The molecule has 1 fully saturated rings. The van der Waals surface area contributed by atoms with Crippen molar-refractivity contribution >= 4 is 17.4 Å². The third-order valence-corrected chi connectivity index (χ3v) is 2.52. The third kappa shape index (κ3) is 2.94. The van der Waals surface area contributed by atoms with E-state index in [9.17, 15) is 9.59 Å². The molecule has 0 aliphatic heterocycles. The van der Waals surface area contributed by atoms with E-state index in [4.69, 9.17) is 5.41 Å². The fourth-order valence-corrected chi connectivity index (χ4v) is 1.66. The standard InChI is InChI=1S/C10H16N2O2/c1-7(13)9(11)10(14)12-8-5-3-2-4-6-8/h8,11H,2-6H2,1H3,(H,12,14). The Morgan fingerprint density at radius 3 is 2.29 bits per heavy atom. The van der Waals surface area contributed by atoms with Crippen molar-refractivity contribution in [2.45, 2.75) is 45.1 Å². The lowest BCUT2D eigenvalue weighted by Gasteiger charge is -2.22. The smallest absolute Gasteiger partial charge is 0.273 e. The highest BCUT2D eigenvalue weighted by atomic mass is 16.2. The number of nitrogens with one attached hydrogen (secondary N) is 2. The fourth-order valence-electron chi connectivity index (χ4n) is 1.66. The Morgan fingerprint density at radius 2 is 1.79 bits per heavy atom. The maximum atomic E-state index is 11.3. The number of Topliss-reactive ketones (excluding diaryl/α,β-unsaturated/α-hetero) is 1. The first-order valence-corrected chi connectivity index (χ1v) is 5.01. The minimum absolute atomic E-state index is 0.163. The van der Waals surface area contributed by atoms with E-state index in [1.807, 2.05) is 0 Å². The lowest BCUT2D eigenvalue weighted by Crippen LogP contribution is -2.41. The molecular weight excluding hydrogens is 180 g/mol. The monoisotopic (exact) mass is 196 g/mol. The van der Waals surface area contributed by atoms with Crippen molar-refractivity contribution in [1.29, 1.82) is 5.41 Å². The minimum atomic E-state index is -0.524. The summed E-state index contributed by atoms with van der Waals surface area (Å²) >= 11 is 0. The highest BCUT2D eigenvalue weighted by molar-refractivity contribution is 6.64. The van der Waals surface area contributed by atoms with Crippen LogP contribution in [0, 0.1) is 5.41 Å². The van der Waals surface area contributed by atoms with Gasteiger partial charge in [-0.05, 0) is 12.8 Å². The van der Waals surface area contributed by atoms with Gasteiger partial charge in [0.05, 0.1) is 0 Å². The second kappa shape index (κ2) is 4.88. The van der Waals surface area contributed by atoms with Crippen molar-refractivity contribution in [2.24, 2.45) is 0 Å². The van der Waals surface area contributed by atoms with Gasteiger partial charge in [0.2, 0.25) is 0 Å². The van der Waals surface area contributed by atoms with Crippen molar-refractivity contribution in [2.75, 3.05) is 0 Å². The Hall–Kier alpha value is -1.19. The van der Waals surface area contributed by atoms with E-state index in [2.05, 4.69) is 5.32 Å². The largest absolute Gasteiger partial charge is 0.348 e. The molecule has 2 N–H and O–H groups in total. The van der Waals surface area contributed by atoms with Crippen LogP contribution in [0.4, 0.5) is 0 Å². The van der Waals surface area contributed by atoms with Crippen LogP contribution in [0.15, 0.2) is 0 Å². The molecular formula is C10H16N2O2. The van der Waals surface area contributed by atoms with Crippen LogP contribution in [-0.4, -0.2) is 23.4 Å². The van der Waals surface area contributed by atoms with Gasteiger partial charge in [-0.25, -0.2) is 0 Å². The van der Waals surface area contributed by atoms with Crippen LogP contribution in [-0.2, 0) is 9.59 Å². The number of hydrogen-bond donors (Lipinski definition) is 2. The summed E-state index contributed by atoms with van der Waals surface area (Å²) in [6, 6.07) is 0.163. The zero-order valence-corrected chi connectivity index (χ0v) is 8.43. The Balaban J connectivity index is 2.39. The molecule has 0 atom stereocenters. The zero-order valence-electron chi connectivity index (χ0n) is 8.43. The lowest BCUT2D eigenvalue weighted by atomic mass is 9.95. The van der Waals surface area contributed by atoms with Gasteiger partial charge in [0, 0.05) is 13.0 Å². The SMILES string of the molecule is CC(=O)C(=N)C(=O)NC1CCCCC1. The molecule has 0 aromatic rings. The second-order valence-electron chi connectivity index (χ2n) is 3.74. The van der Waals surface area contributed by atoms with E-state index in [0.29, 0.717) is 0 Å². The molecule has 0 saturated heterocycles. The zero-order chi connectivity index (χ0) is 10.6. The molecule has 0 aromatic heterocycles. The van der Waals surface area contributed by atoms with E-state index in [0.717, 1.165) is 25.7 Å². The minimum Gasteiger partial charge on any atom is -0.348 e. The molecule has 0 unspecified atom stereocenters. The maximum absolute atomic E-state index is 11.3. The van der Waals surface area contributed by atoms with Crippen LogP contribution in [0.1, 0.15) is 39.0 Å².